The summed E-state index contributed by atoms with van der Waals surface area (Å²) < 4.78 is 0. The van der Waals surface area contributed by atoms with Crippen LogP contribution in [0.4, 0.5) is 11.4 Å². The van der Waals surface area contributed by atoms with E-state index in [-0.39, 0.29) is 11.5 Å². The van der Waals surface area contributed by atoms with Crippen LogP contribution in [0.2, 0.25) is 0 Å². The second kappa shape index (κ2) is 4.68. The molecule has 1 aromatic rings. The minimum absolute atomic E-state index is 0.211. The number of rotatable bonds is 3. The molecular formula is C13H16N2O3. The van der Waals surface area contributed by atoms with Gasteiger partial charge in [-0.3, -0.25) is 4.79 Å². The third-order valence-electron chi connectivity index (χ3n) is 2.95. The molecular weight excluding hydrogens is 232 g/mol. The van der Waals surface area contributed by atoms with Crippen molar-refractivity contribution in [1.82, 2.24) is 0 Å². The highest BCUT2D eigenvalue weighted by Gasteiger charge is 2.26. The van der Waals surface area contributed by atoms with Crippen molar-refractivity contribution in [2.45, 2.75) is 13.8 Å². The molecule has 1 aliphatic rings. The second-order valence-corrected chi connectivity index (χ2v) is 4.73. The monoisotopic (exact) mass is 248 g/mol. The normalized spacial score (nSPS) is 15.1. The third-order valence-corrected chi connectivity index (χ3v) is 2.95. The maximum Gasteiger partial charge on any atom is 0.337 e. The summed E-state index contributed by atoms with van der Waals surface area (Å²) in [6.45, 7) is 5.27. The van der Waals surface area contributed by atoms with Crippen LogP contribution < -0.4 is 10.2 Å². The molecule has 1 aliphatic heterocycles. The van der Waals surface area contributed by atoms with Gasteiger partial charge >= 0.3 is 5.97 Å². The Kier molecular flexibility index (Phi) is 3.23. The number of aromatic carboxylic acids is 1. The summed E-state index contributed by atoms with van der Waals surface area (Å²) in [7, 11) is 0. The minimum atomic E-state index is -0.975. The maximum absolute atomic E-state index is 11.2. The maximum atomic E-state index is 11.2. The second-order valence-electron chi connectivity index (χ2n) is 4.73. The Morgan fingerprint density at radius 3 is 2.56 bits per heavy atom. The first kappa shape index (κ1) is 12.4. The number of hydrogen-bond donors (Lipinski definition) is 2. The van der Waals surface area contributed by atoms with Crippen LogP contribution in [0.25, 0.3) is 0 Å². The SMILES string of the molecule is CC(=O)Nc1ccc(N2CC(C)C2)c(C(=O)O)c1. The molecule has 5 nitrogen and oxygen atoms in total. The molecule has 0 unspecified atom stereocenters. The molecule has 5 heteroatoms. The topological polar surface area (TPSA) is 69.6 Å². The van der Waals surface area contributed by atoms with Crippen molar-refractivity contribution in [3.63, 3.8) is 0 Å². The molecule has 0 aromatic heterocycles. The van der Waals surface area contributed by atoms with E-state index in [1.54, 1.807) is 12.1 Å². The van der Waals surface area contributed by atoms with E-state index >= 15 is 0 Å². The summed E-state index contributed by atoms with van der Waals surface area (Å²) in [4.78, 5) is 24.2. The Morgan fingerprint density at radius 2 is 2.06 bits per heavy atom. The average molecular weight is 248 g/mol. The lowest BCUT2D eigenvalue weighted by Gasteiger charge is -2.39. The Labute approximate surface area is 105 Å². The number of carboxylic acid groups (broad SMARTS) is 1. The van der Waals surface area contributed by atoms with E-state index in [2.05, 4.69) is 12.2 Å². The van der Waals surface area contributed by atoms with Gasteiger partial charge in [-0.15, -0.1) is 0 Å². The molecule has 0 saturated carbocycles. The molecule has 0 aliphatic carbocycles. The molecule has 1 fully saturated rings. The number of amides is 1. The molecule has 1 heterocycles. The molecule has 2 rings (SSSR count). The van der Waals surface area contributed by atoms with Gasteiger partial charge < -0.3 is 15.3 Å². The number of carboxylic acids is 1. The smallest absolute Gasteiger partial charge is 0.337 e. The van der Waals surface area contributed by atoms with Crippen molar-refractivity contribution >= 4 is 23.3 Å². The van der Waals surface area contributed by atoms with Gasteiger partial charge in [-0.2, -0.15) is 0 Å². The zero-order valence-electron chi connectivity index (χ0n) is 10.4. The highest BCUT2D eigenvalue weighted by molar-refractivity contribution is 5.97. The number of carbonyl (C=O) groups is 2. The first-order valence-electron chi connectivity index (χ1n) is 5.87. The molecule has 0 radical (unpaired) electrons. The van der Waals surface area contributed by atoms with E-state index in [1.165, 1.54) is 13.0 Å². The van der Waals surface area contributed by atoms with Crippen LogP contribution in [0.1, 0.15) is 24.2 Å². The van der Waals surface area contributed by atoms with Crippen LogP contribution in [-0.2, 0) is 4.79 Å². The molecule has 1 amide bonds. The van der Waals surface area contributed by atoms with E-state index < -0.39 is 5.97 Å². The summed E-state index contributed by atoms with van der Waals surface area (Å²) in [6, 6.07) is 4.98. The van der Waals surface area contributed by atoms with Crippen molar-refractivity contribution < 1.29 is 14.7 Å². The third kappa shape index (κ3) is 2.45. The van der Waals surface area contributed by atoms with Gasteiger partial charge in [-0.25, -0.2) is 4.79 Å². The lowest BCUT2D eigenvalue weighted by atomic mass is 9.99. The van der Waals surface area contributed by atoms with Gasteiger partial charge in [0.1, 0.15) is 0 Å². The van der Waals surface area contributed by atoms with Crippen molar-refractivity contribution in [2.75, 3.05) is 23.3 Å². The first-order chi connectivity index (χ1) is 8.47. The summed E-state index contributed by atoms with van der Waals surface area (Å²) in [5, 5.41) is 11.8. The number of anilines is 2. The van der Waals surface area contributed by atoms with Gasteiger partial charge in [0, 0.05) is 25.7 Å². The predicted octanol–water partition coefficient (Wildman–Crippen LogP) is 1.80. The zero-order valence-corrected chi connectivity index (χ0v) is 10.4. The Hall–Kier alpha value is -2.04. The standard InChI is InChI=1S/C13H16N2O3/c1-8-6-15(7-8)12-4-3-10(14-9(2)16)5-11(12)13(17)18/h3-5,8H,6-7H2,1-2H3,(H,14,16)(H,17,18). The summed E-state index contributed by atoms with van der Waals surface area (Å²) >= 11 is 0. The molecule has 96 valence electrons. The Morgan fingerprint density at radius 1 is 1.39 bits per heavy atom. The van der Waals surface area contributed by atoms with Crippen LogP contribution in [0.5, 0.6) is 0 Å². The van der Waals surface area contributed by atoms with Crippen molar-refractivity contribution in [3.05, 3.63) is 23.8 Å². The van der Waals surface area contributed by atoms with Crippen molar-refractivity contribution in [3.8, 4) is 0 Å². The fourth-order valence-corrected chi connectivity index (χ4v) is 2.16. The van der Waals surface area contributed by atoms with Crippen molar-refractivity contribution in [1.29, 1.82) is 0 Å². The lowest BCUT2D eigenvalue weighted by molar-refractivity contribution is -0.114. The number of nitrogens with one attached hydrogen (secondary N) is 1. The summed E-state index contributed by atoms with van der Waals surface area (Å²) in [5.41, 5.74) is 1.46. The van der Waals surface area contributed by atoms with Crippen LogP contribution in [0.15, 0.2) is 18.2 Å². The molecule has 1 aromatic carbocycles. The van der Waals surface area contributed by atoms with E-state index in [4.69, 9.17) is 0 Å². The van der Waals surface area contributed by atoms with Gasteiger partial charge in [0.05, 0.1) is 11.3 Å². The molecule has 18 heavy (non-hydrogen) atoms. The number of nitrogens with zero attached hydrogens (tertiary/aromatic N) is 1. The lowest BCUT2D eigenvalue weighted by Crippen LogP contribution is -2.45. The van der Waals surface area contributed by atoms with Gasteiger partial charge in [-0.1, -0.05) is 6.92 Å². The largest absolute Gasteiger partial charge is 0.478 e. The molecule has 0 spiro atoms. The Bertz CT molecular complexity index is 493. The van der Waals surface area contributed by atoms with Gasteiger partial charge in [-0.05, 0) is 24.1 Å². The Balaban J connectivity index is 2.29. The summed E-state index contributed by atoms with van der Waals surface area (Å²) in [5.74, 6) is -0.588. The van der Waals surface area contributed by atoms with Gasteiger partial charge in [0.2, 0.25) is 5.91 Å². The van der Waals surface area contributed by atoms with Crippen LogP contribution in [0.3, 0.4) is 0 Å². The van der Waals surface area contributed by atoms with E-state index in [9.17, 15) is 14.7 Å². The molecule has 0 atom stereocenters. The number of benzene rings is 1. The number of hydrogen-bond acceptors (Lipinski definition) is 3. The highest BCUT2D eigenvalue weighted by atomic mass is 16.4. The van der Waals surface area contributed by atoms with E-state index in [0.717, 1.165) is 18.8 Å². The quantitative estimate of drug-likeness (QED) is 0.855. The van der Waals surface area contributed by atoms with Gasteiger partial charge in [0.25, 0.3) is 0 Å². The molecule has 2 N–H and O–H groups in total. The highest BCUT2D eigenvalue weighted by Crippen LogP contribution is 2.30. The van der Waals surface area contributed by atoms with E-state index in [0.29, 0.717) is 11.6 Å². The minimum Gasteiger partial charge on any atom is -0.478 e. The zero-order chi connectivity index (χ0) is 13.3. The molecule has 1 saturated heterocycles. The predicted molar refractivity (Wildman–Crippen MR) is 69.1 cm³/mol. The molecule has 0 bridgehead atoms. The summed E-state index contributed by atoms with van der Waals surface area (Å²) in [6.07, 6.45) is 0. The van der Waals surface area contributed by atoms with Crippen LogP contribution in [-0.4, -0.2) is 30.1 Å². The fraction of sp³-hybridized carbons (Fsp3) is 0.385. The average Bonchev–Trinajstić information content (AvgIpc) is 2.24. The fourth-order valence-electron chi connectivity index (χ4n) is 2.16. The van der Waals surface area contributed by atoms with E-state index in [1.807, 2.05) is 4.90 Å². The van der Waals surface area contributed by atoms with Crippen molar-refractivity contribution in [2.24, 2.45) is 5.92 Å². The van der Waals surface area contributed by atoms with Gasteiger partial charge in [0.15, 0.2) is 0 Å². The first-order valence-corrected chi connectivity index (χ1v) is 5.87. The number of carbonyl (C=O) groups excluding carboxylic acids is 1. The van der Waals surface area contributed by atoms with Crippen LogP contribution in [0, 0.1) is 5.92 Å². The van der Waals surface area contributed by atoms with Crippen LogP contribution >= 0.6 is 0 Å².